The van der Waals surface area contributed by atoms with Crippen LogP contribution in [0.2, 0.25) is 0 Å². The van der Waals surface area contributed by atoms with E-state index in [1.165, 1.54) is 38.4 Å². The van der Waals surface area contributed by atoms with Gasteiger partial charge in [0.2, 0.25) is 26.0 Å². The van der Waals surface area contributed by atoms with Gasteiger partial charge in [-0.05, 0) is 47.5 Å². The molecule has 0 spiro atoms. The zero-order chi connectivity index (χ0) is 25.6. The topological polar surface area (TPSA) is 104 Å². The van der Waals surface area contributed by atoms with Gasteiger partial charge >= 0.3 is 0 Å². The fourth-order valence-electron chi connectivity index (χ4n) is 3.18. The lowest BCUT2D eigenvalue weighted by Crippen LogP contribution is -2.40. The average Bonchev–Trinajstić information content (AvgIpc) is 2.83. The number of carbonyl (C=O) groups excluding carboxylic acids is 1. The van der Waals surface area contributed by atoms with E-state index < -0.39 is 26.0 Å². The molecule has 0 aliphatic rings. The molecule has 0 bridgehead atoms. The molecule has 11 heteroatoms. The molecule has 0 aliphatic heterocycles. The van der Waals surface area contributed by atoms with Crippen LogP contribution in [0.3, 0.4) is 0 Å². The monoisotopic (exact) mass is 579 g/mol. The molecule has 0 radical (unpaired) electrons. The van der Waals surface area contributed by atoms with Crippen LogP contribution >= 0.6 is 15.9 Å². The standard InChI is InChI=1S/C24H26BrN3O5S2/c1-27(2)34(30,31)22-12-8-19(9-13-22)16-26-24(29)18-28(17-20-6-4-3-5-7-20)35(32,33)23-14-10-21(25)11-15-23/h3-15H,16-18H2,1-2H3,(H,26,29). The highest BCUT2D eigenvalue weighted by Gasteiger charge is 2.27. The third-order valence-electron chi connectivity index (χ3n) is 5.16. The summed E-state index contributed by atoms with van der Waals surface area (Å²) in [6, 6.07) is 21.4. The lowest BCUT2D eigenvalue weighted by Gasteiger charge is -2.22. The summed E-state index contributed by atoms with van der Waals surface area (Å²) in [7, 11) is -4.59. The van der Waals surface area contributed by atoms with Crippen molar-refractivity contribution in [2.24, 2.45) is 0 Å². The van der Waals surface area contributed by atoms with Crippen LogP contribution in [0.15, 0.2) is 93.1 Å². The van der Waals surface area contributed by atoms with Crippen molar-refractivity contribution in [3.8, 4) is 0 Å². The van der Waals surface area contributed by atoms with Crippen molar-refractivity contribution >= 4 is 41.9 Å². The number of nitrogens with zero attached hydrogens (tertiary/aromatic N) is 2. The normalized spacial score (nSPS) is 12.1. The molecule has 0 heterocycles. The molecule has 0 atom stereocenters. The van der Waals surface area contributed by atoms with E-state index >= 15 is 0 Å². The summed E-state index contributed by atoms with van der Waals surface area (Å²) < 4.78 is 54.0. The van der Waals surface area contributed by atoms with E-state index in [0.29, 0.717) is 5.56 Å². The van der Waals surface area contributed by atoms with Crippen molar-refractivity contribution in [2.75, 3.05) is 20.6 Å². The van der Waals surface area contributed by atoms with E-state index in [1.54, 1.807) is 48.5 Å². The molecule has 1 N–H and O–H groups in total. The second-order valence-corrected chi connectivity index (χ2v) is 12.9. The number of sulfonamides is 2. The molecule has 35 heavy (non-hydrogen) atoms. The Labute approximate surface area is 214 Å². The maximum Gasteiger partial charge on any atom is 0.243 e. The third-order valence-corrected chi connectivity index (χ3v) is 9.33. The zero-order valence-electron chi connectivity index (χ0n) is 19.3. The number of amides is 1. The van der Waals surface area contributed by atoms with E-state index in [0.717, 1.165) is 18.6 Å². The van der Waals surface area contributed by atoms with Crippen molar-refractivity contribution in [3.63, 3.8) is 0 Å². The van der Waals surface area contributed by atoms with Gasteiger partial charge in [-0.3, -0.25) is 4.79 Å². The summed E-state index contributed by atoms with van der Waals surface area (Å²) in [4.78, 5) is 13.0. The van der Waals surface area contributed by atoms with Gasteiger partial charge in [0.05, 0.1) is 16.3 Å². The smallest absolute Gasteiger partial charge is 0.243 e. The van der Waals surface area contributed by atoms with Gasteiger partial charge in [-0.15, -0.1) is 0 Å². The van der Waals surface area contributed by atoms with Crippen molar-refractivity contribution in [1.82, 2.24) is 13.9 Å². The van der Waals surface area contributed by atoms with E-state index in [2.05, 4.69) is 21.2 Å². The van der Waals surface area contributed by atoms with Crippen LogP contribution in [-0.4, -0.2) is 52.0 Å². The summed E-state index contributed by atoms with van der Waals surface area (Å²) in [6.07, 6.45) is 0. The highest BCUT2D eigenvalue weighted by atomic mass is 79.9. The lowest BCUT2D eigenvalue weighted by atomic mass is 10.2. The molecule has 0 unspecified atom stereocenters. The fourth-order valence-corrected chi connectivity index (χ4v) is 5.73. The Balaban J connectivity index is 1.73. The quantitative estimate of drug-likeness (QED) is 0.397. The van der Waals surface area contributed by atoms with E-state index in [4.69, 9.17) is 0 Å². The molecule has 3 aromatic rings. The molecule has 0 saturated heterocycles. The Bertz CT molecular complexity index is 1360. The Morgan fingerprint density at radius 2 is 1.31 bits per heavy atom. The first-order chi connectivity index (χ1) is 16.5. The maximum atomic E-state index is 13.3. The average molecular weight is 581 g/mol. The Morgan fingerprint density at radius 3 is 1.89 bits per heavy atom. The molecule has 0 aliphatic carbocycles. The van der Waals surface area contributed by atoms with Gasteiger partial charge in [0.1, 0.15) is 0 Å². The number of hydrogen-bond acceptors (Lipinski definition) is 5. The molecule has 8 nitrogen and oxygen atoms in total. The fraction of sp³-hybridized carbons (Fsp3) is 0.208. The number of halogens is 1. The van der Waals surface area contributed by atoms with Crippen molar-refractivity contribution < 1.29 is 21.6 Å². The minimum absolute atomic E-state index is 0.0315. The molecular formula is C24H26BrN3O5S2. The molecule has 1 amide bonds. The second-order valence-electron chi connectivity index (χ2n) is 7.92. The minimum atomic E-state index is -3.94. The Hall–Kier alpha value is -2.57. The first-order valence-electron chi connectivity index (χ1n) is 10.6. The summed E-state index contributed by atoms with van der Waals surface area (Å²) in [5, 5.41) is 2.72. The highest BCUT2D eigenvalue weighted by molar-refractivity contribution is 9.10. The SMILES string of the molecule is CN(C)S(=O)(=O)c1ccc(CNC(=O)CN(Cc2ccccc2)S(=O)(=O)c2ccc(Br)cc2)cc1. The number of rotatable bonds is 10. The summed E-state index contributed by atoms with van der Waals surface area (Å²) in [6.45, 7) is -0.219. The van der Waals surface area contributed by atoms with E-state index in [9.17, 15) is 21.6 Å². The van der Waals surface area contributed by atoms with Gasteiger partial charge in [0, 0.05) is 31.7 Å². The molecule has 3 aromatic carbocycles. The predicted molar refractivity (Wildman–Crippen MR) is 137 cm³/mol. The minimum Gasteiger partial charge on any atom is -0.351 e. The Kier molecular flexibility index (Phi) is 8.84. The summed E-state index contributed by atoms with van der Waals surface area (Å²) >= 11 is 3.30. The van der Waals surface area contributed by atoms with Crippen LogP contribution in [0.4, 0.5) is 0 Å². The second kappa shape index (κ2) is 11.4. The first-order valence-corrected chi connectivity index (χ1v) is 14.3. The molecule has 0 aromatic heterocycles. The van der Waals surface area contributed by atoms with Crippen molar-refractivity contribution in [3.05, 3.63) is 94.5 Å². The van der Waals surface area contributed by atoms with E-state index in [1.807, 2.05) is 6.07 Å². The third kappa shape index (κ3) is 6.98. The van der Waals surface area contributed by atoms with Crippen LogP contribution in [0.25, 0.3) is 0 Å². The van der Waals surface area contributed by atoms with Gasteiger partial charge in [-0.1, -0.05) is 58.4 Å². The van der Waals surface area contributed by atoms with Crippen LogP contribution in [0.5, 0.6) is 0 Å². The first kappa shape index (κ1) is 27.0. The van der Waals surface area contributed by atoms with Gasteiger partial charge in [-0.2, -0.15) is 4.31 Å². The highest BCUT2D eigenvalue weighted by Crippen LogP contribution is 2.21. The van der Waals surface area contributed by atoms with E-state index in [-0.39, 0.29) is 29.4 Å². The van der Waals surface area contributed by atoms with Crippen LogP contribution < -0.4 is 5.32 Å². The molecule has 0 saturated carbocycles. The number of carbonyl (C=O) groups is 1. The van der Waals surface area contributed by atoms with Crippen LogP contribution in [-0.2, 0) is 37.9 Å². The lowest BCUT2D eigenvalue weighted by molar-refractivity contribution is -0.121. The molecule has 3 rings (SSSR count). The predicted octanol–water partition coefficient (Wildman–Crippen LogP) is 3.21. The van der Waals surface area contributed by atoms with Crippen LogP contribution in [0.1, 0.15) is 11.1 Å². The number of benzene rings is 3. The van der Waals surface area contributed by atoms with Gasteiger partial charge < -0.3 is 5.32 Å². The number of nitrogens with one attached hydrogen (secondary N) is 1. The molecule has 186 valence electrons. The summed E-state index contributed by atoms with van der Waals surface area (Å²) in [5.74, 6) is -0.480. The zero-order valence-corrected chi connectivity index (χ0v) is 22.5. The number of hydrogen-bond donors (Lipinski definition) is 1. The summed E-state index contributed by atoms with van der Waals surface area (Å²) in [5.41, 5.74) is 1.43. The van der Waals surface area contributed by atoms with Crippen molar-refractivity contribution in [2.45, 2.75) is 22.9 Å². The van der Waals surface area contributed by atoms with Gasteiger partial charge in [0.15, 0.2) is 0 Å². The molecule has 0 fully saturated rings. The Morgan fingerprint density at radius 1 is 0.771 bits per heavy atom. The largest absolute Gasteiger partial charge is 0.351 e. The van der Waals surface area contributed by atoms with Crippen LogP contribution in [0, 0.1) is 0 Å². The maximum absolute atomic E-state index is 13.3. The molecular weight excluding hydrogens is 554 g/mol. The van der Waals surface area contributed by atoms with Gasteiger partial charge in [0.25, 0.3) is 0 Å². The van der Waals surface area contributed by atoms with Crippen molar-refractivity contribution in [1.29, 1.82) is 0 Å². The van der Waals surface area contributed by atoms with Gasteiger partial charge in [-0.25, -0.2) is 21.1 Å².